The summed E-state index contributed by atoms with van der Waals surface area (Å²) in [5, 5.41) is 0. The molecule has 0 atom stereocenters. The van der Waals surface area contributed by atoms with Gasteiger partial charge in [-0.3, -0.25) is 14.8 Å². The van der Waals surface area contributed by atoms with Gasteiger partial charge in [0.1, 0.15) is 5.82 Å². The molecule has 4 nitrogen and oxygen atoms in total. The summed E-state index contributed by atoms with van der Waals surface area (Å²) in [5.74, 6) is -0.383. The Labute approximate surface area is 146 Å². The lowest BCUT2D eigenvalue weighted by molar-refractivity contribution is 0.0744. The minimum atomic E-state index is -0.252. The number of amides is 1. The quantitative estimate of drug-likeness (QED) is 0.693. The third kappa shape index (κ3) is 4.47. The molecule has 3 aromatic rings. The maximum atomic E-state index is 13.9. The van der Waals surface area contributed by atoms with Crippen molar-refractivity contribution in [1.82, 2.24) is 14.9 Å². The van der Waals surface area contributed by atoms with E-state index in [1.165, 1.54) is 6.07 Å². The molecule has 126 valence electrons. The maximum Gasteiger partial charge on any atom is 0.255 e. The minimum Gasteiger partial charge on any atom is -0.334 e. The Morgan fingerprint density at radius 1 is 0.960 bits per heavy atom. The third-order valence-electron chi connectivity index (χ3n) is 3.90. The fourth-order valence-electron chi connectivity index (χ4n) is 2.59. The number of carbonyl (C=O) groups excluding carboxylic acids is 1. The van der Waals surface area contributed by atoms with Gasteiger partial charge in [-0.2, -0.15) is 0 Å². The highest BCUT2D eigenvalue weighted by molar-refractivity contribution is 5.93. The first kappa shape index (κ1) is 16.8. The average Bonchev–Trinajstić information content (AvgIpc) is 2.67. The van der Waals surface area contributed by atoms with Gasteiger partial charge >= 0.3 is 0 Å². The summed E-state index contributed by atoms with van der Waals surface area (Å²) in [4.78, 5) is 22.6. The number of hydrogen-bond acceptors (Lipinski definition) is 3. The molecule has 0 aliphatic rings. The fraction of sp³-hybridized carbons (Fsp3) is 0.150. The second-order valence-corrected chi connectivity index (χ2v) is 5.67. The van der Waals surface area contributed by atoms with Crippen molar-refractivity contribution in [3.8, 4) is 0 Å². The zero-order valence-corrected chi connectivity index (χ0v) is 13.7. The van der Waals surface area contributed by atoms with E-state index in [0.717, 1.165) is 5.56 Å². The van der Waals surface area contributed by atoms with Crippen LogP contribution in [0.4, 0.5) is 4.39 Å². The number of nitrogens with zero attached hydrogens (tertiary/aromatic N) is 3. The largest absolute Gasteiger partial charge is 0.334 e. The molecule has 2 heterocycles. The number of aromatic nitrogens is 2. The Bertz CT molecular complexity index is 825. The van der Waals surface area contributed by atoms with Crippen molar-refractivity contribution in [2.45, 2.75) is 13.0 Å². The van der Waals surface area contributed by atoms with Gasteiger partial charge in [-0.15, -0.1) is 0 Å². The fourth-order valence-corrected chi connectivity index (χ4v) is 2.59. The monoisotopic (exact) mass is 335 g/mol. The molecule has 3 rings (SSSR count). The second kappa shape index (κ2) is 8.15. The van der Waals surface area contributed by atoms with Crippen LogP contribution in [0.1, 0.15) is 21.5 Å². The van der Waals surface area contributed by atoms with Crippen LogP contribution in [0, 0.1) is 5.82 Å². The highest BCUT2D eigenvalue weighted by Crippen LogP contribution is 2.12. The van der Waals surface area contributed by atoms with Crippen LogP contribution in [-0.2, 0) is 13.0 Å². The molecule has 25 heavy (non-hydrogen) atoms. The summed E-state index contributed by atoms with van der Waals surface area (Å²) in [5.41, 5.74) is 2.03. The molecule has 1 amide bonds. The van der Waals surface area contributed by atoms with Crippen LogP contribution in [0.5, 0.6) is 0 Å². The van der Waals surface area contributed by atoms with Gasteiger partial charge in [0.05, 0.1) is 5.56 Å². The van der Waals surface area contributed by atoms with Crippen molar-refractivity contribution in [2.24, 2.45) is 0 Å². The number of halogens is 1. The van der Waals surface area contributed by atoms with Gasteiger partial charge in [0, 0.05) is 37.9 Å². The van der Waals surface area contributed by atoms with Gasteiger partial charge in [-0.1, -0.05) is 24.3 Å². The Morgan fingerprint density at radius 3 is 2.40 bits per heavy atom. The van der Waals surface area contributed by atoms with Crippen LogP contribution in [0.2, 0.25) is 0 Å². The molecule has 0 radical (unpaired) electrons. The Hall–Kier alpha value is -3.08. The van der Waals surface area contributed by atoms with Gasteiger partial charge in [0.15, 0.2) is 0 Å². The van der Waals surface area contributed by atoms with Gasteiger partial charge in [0.2, 0.25) is 0 Å². The van der Waals surface area contributed by atoms with Gasteiger partial charge < -0.3 is 4.90 Å². The first-order chi connectivity index (χ1) is 12.2. The summed E-state index contributed by atoms with van der Waals surface area (Å²) >= 11 is 0. The number of carbonyl (C=O) groups is 1. The molecular formula is C20H18FN3O. The predicted molar refractivity (Wildman–Crippen MR) is 93.3 cm³/mol. The number of pyridine rings is 2. The molecule has 0 fully saturated rings. The maximum absolute atomic E-state index is 13.9. The Kier molecular flexibility index (Phi) is 5.46. The van der Waals surface area contributed by atoms with Crippen molar-refractivity contribution in [1.29, 1.82) is 0 Å². The molecule has 0 saturated carbocycles. The van der Waals surface area contributed by atoms with Crippen LogP contribution >= 0.6 is 0 Å². The molecule has 1 aromatic carbocycles. The number of benzene rings is 1. The van der Waals surface area contributed by atoms with E-state index in [9.17, 15) is 9.18 Å². The highest BCUT2D eigenvalue weighted by Gasteiger charge is 2.17. The second-order valence-electron chi connectivity index (χ2n) is 5.67. The molecule has 0 aliphatic heterocycles. The van der Waals surface area contributed by atoms with E-state index < -0.39 is 0 Å². The van der Waals surface area contributed by atoms with Gasteiger partial charge in [-0.05, 0) is 41.8 Å². The topological polar surface area (TPSA) is 46.1 Å². The van der Waals surface area contributed by atoms with Crippen molar-refractivity contribution < 1.29 is 9.18 Å². The number of rotatable bonds is 6. The minimum absolute atomic E-state index is 0.131. The molecule has 5 heteroatoms. The molecule has 0 saturated heterocycles. The van der Waals surface area contributed by atoms with E-state index >= 15 is 0 Å². The normalized spacial score (nSPS) is 10.4. The molecule has 0 unspecified atom stereocenters. The molecule has 0 N–H and O–H groups in total. The van der Waals surface area contributed by atoms with Crippen molar-refractivity contribution in [3.63, 3.8) is 0 Å². The molecule has 0 spiro atoms. The SMILES string of the molecule is O=C(c1cccnc1)N(CCc1ccccc1F)Cc1cccnc1. The van der Waals surface area contributed by atoms with E-state index in [-0.39, 0.29) is 11.7 Å². The van der Waals surface area contributed by atoms with Crippen molar-refractivity contribution >= 4 is 5.91 Å². The Morgan fingerprint density at radius 2 is 1.72 bits per heavy atom. The highest BCUT2D eigenvalue weighted by atomic mass is 19.1. The third-order valence-corrected chi connectivity index (χ3v) is 3.90. The zero-order chi connectivity index (χ0) is 17.5. The molecule has 0 aliphatic carbocycles. The van der Waals surface area contributed by atoms with Crippen LogP contribution in [0.15, 0.2) is 73.3 Å². The summed E-state index contributed by atoms with van der Waals surface area (Å²) in [6.45, 7) is 0.819. The molecule has 2 aromatic heterocycles. The molecule has 0 bridgehead atoms. The predicted octanol–water partition coefficient (Wildman–Crippen LogP) is 3.50. The first-order valence-corrected chi connectivity index (χ1v) is 8.05. The van der Waals surface area contributed by atoms with E-state index in [4.69, 9.17) is 0 Å². The average molecular weight is 335 g/mol. The van der Waals surface area contributed by atoms with Gasteiger partial charge in [0.25, 0.3) is 5.91 Å². The number of hydrogen-bond donors (Lipinski definition) is 0. The summed E-state index contributed by atoms with van der Waals surface area (Å²) < 4.78 is 13.9. The lowest BCUT2D eigenvalue weighted by atomic mass is 10.1. The summed E-state index contributed by atoms with van der Waals surface area (Å²) in [6, 6.07) is 13.8. The lowest BCUT2D eigenvalue weighted by Gasteiger charge is -2.23. The Balaban J connectivity index is 1.79. The zero-order valence-electron chi connectivity index (χ0n) is 13.7. The molecular weight excluding hydrogens is 317 g/mol. The standard InChI is InChI=1S/C20H18FN3O/c21-19-8-2-1-6-17(19)9-12-24(15-16-5-3-10-22-13-16)20(25)18-7-4-11-23-14-18/h1-8,10-11,13-14H,9,12,15H2. The van der Waals surface area contributed by atoms with Crippen LogP contribution in [-0.4, -0.2) is 27.3 Å². The van der Waals surface area contributed by atoms with Crippen molar-refractivity contribution in [3.05, 3.63) is 95.8 Å². The summed E-state index contributed by atoms with van der Waals surface area (Å²) in [7, 11) is 0. The summed E-state index contributed by atoms with van der Waals surface area (Å²) in [6.07, 6.45) is 7.03. The van der Waals surface area contributed by atoms with E-state index in [1.54, 1.807) is 60.0 Å². The lowest BCUT2D eigenvalue weighted by Crippen LogP contribution is -2.32. The van der Waals surface area contributed by atoms with Crippen LogP contribution in [0.25, 0.3) is 0 Å². The van der Waals surface area contributed by atoms with E-state index in [0.29, 0.717) is 30.6 Å². The smallest absolute Gasteiger partial charge is 0.255 e. The van der Waals surface area contributed by atoms with E-state index in [2.05, 4.69) is 9.97 Å². The van der Waals surface area contributed by atoms with Crippen molar-refractivity contribution in [2.75, 3.05) is 6.54 Å². The van der Waals surface area contributed by atoms with Gasteiger partial charge in [-0.25, -0.2) is 4.39 Å². The first-order valence-electron chi connectivity index (χ1n) is 8.05. The van der Waals surface area contributed by atoms with Crippen LogP contribution < -0.4 is 0 Å². The van der Waals surface area contributed by atoms with Crippen LogP contribution in [0.3, 0.4) is 0 Å². The van der Waals surface area contributed by atoms with E-state index in [1.807, 2.05) is 12.1 Å².